The van der Waals surface area contributed by atoms with E-state index in [1.807, 2.05) is 35.7 Å². The second-order valence-corrected chi connectivity index (χ2v) is 7.44. The van der Waals surface area contributed by atoms with Gasteiger partial charge >= 0.3 is 5.69 Å². The average molecular weight is 417 g/mol. The summed E-state index contributed by atoms with van der Waals surface area (Å²) in [4.78, 5) is 25.7. The zero-order chi connectivity index (χ0) is 17.4. The zero-order valence-corrected chi connectivity index (χ0v) is 15.4. The van der Waals surface area contributed by atoms with Gasteiger partial charge in [-0.2, -0.15) is 0 Å². The van der Waals surface area contributed by atoms with E-state index in [0.717, 1.165) is 10.0 Å². The van der Waals surface area contributed by atoms with E-state index in [0.29, 0.717) is 22.5 Å². The highest BCUT2D eigenvalue weighted by atomic mass is 79.9. The molecular formula is C18H13BrN2O3S. The summed E-state index contributed by atoms with van der Waals surface area (Å²) in [6.07, 6.45) is 1.53. The molecule has 3 heterocycles. The third-order valence-electron chi connectivity index (χ3n) is 3.96. The first-order chi connectivity index (χ1) is 12.1. The number of furan rings is 1. The molecule has 0 N–H and O–H groups in total. The number of nitrogens with zero attached hydrogens (tertiary/aromatic N) is 2. The Kier molecular flexibility index (Phi) is 4.19. The fraction of sp³-hybridized carbons (Fsp3) is 0.111. The summed E-state index contributed by atoms with van der Waals surface area (Å²) in [6, 6.07) is 13.1. The fourth-order valence-electron chi connectivity index (χ4n) is 2.80. The average Bonchev–Trinajstić information content (AvgIpc) is 3.27. The van der Waals surface area contributed by atoms with E-state index in [2.05, 4.69) is 15.9 Å². The first-order valence-corrected chi connectivity index (χ1v) is 9.28. The van der Waals surface area contributed by atoms with E-state index in [4.69, 9.17) is 4.42 Å². The van der Waals surface area contributed by atoms with Crippen LogP contribution in [0.3, 0.4) is 0 Å². The molecule has 0 atom stereocenters. The fourth-order valence-corrected chi connectivity index (χ4v) is 4.09. The number of thiophene rings is 1. The highest BCUT2D eigenvalue weighted by Gasteiger charge is 2.15. The molecule has 126 valence electrons. The Bertz CT molecular complexity index is 1160. The zero-order valence-electron chi connectivity index (χ0n) is 13.0. The van der Waals surface area contributed by atoms with Crippen molar-refractivity contribution in [3.05, 3.63) is 90.7 Å². The Labute approximate surface area is 154 Å². The van der Waals surface area contributed by atoms with E-state index in [9.17, 15) is 9.59 Å². The summed E-state index contributed by atoms with van der Waals surface area (Å²) in [7, 11) is 0. The van der Waals surface area contributed by atoms with Crippen molar-refractivity contribution in [1.82, 2.24) is 9.13 Å². The van der Waals surface area contributed by atoms with Gasteiger partial charge in [0.25, 0.3) is 5.56 Å². The van der Waals surface area contributed by atoms with Gasteiger partial charge in [0.1, 0.15) is 10.5 Å². The van der Waals surface area contributed by atoms with Crippen molar-refractivity contribution in [2.24, 2.45) is 0 Å². The topological polar surface area (TPSA) is 57.1 Å². The molecule has 0 bridgehead atoms. The van der Waals surface area contributed by atoms with Crippen LogP contribution in [0.15, 0.2) is 72.6 Å². The lowest BCUT2D eigenvalue weighted by Gasteiger charge is -2.12. The molecule has 25 heavy (non-hydrogen) atoms. The molecule has 0 unspecified atom stereocenters. The summed E-state index contributed by atoms with van der Waals surface area (Å²) >= 11 is 4.79. The van der Waals surface area contributed by atoms with Gasteiger partial charge in [-0.25, -0.2) is 4.79 Å². The van der Waals surface area contributed by atoms with E-state index in [1.165, 1.54) is 22.2 Å². The van der Waals surface area contributed by atoms with Crippen LogP contribution in [0.5, 0.6) is 0 Å². The molecule has 0 aliphatic rings. The first kappa shape index (κ1) is 16.1. The summed E-state index contributed by atoms with van der Waals surface area (Å²) < 4.78 is 9.69. The van der Waals surface area contributed by atoms with Gasteiger partial charge in [0.15, 0.2) is 0 Å². The van der Waals surface area contributed by atoms with Crippen molar-refractivity contribution in [3.8, 4) is 0 Å². The molecule has 1 aromatic carbocycles. The third kappa shape index (κ3) is 3.01. The molecule has 7 heteroatoms. The van der Waals surface area contributed by atoms with Crippen molar-refractivity contribution in [3.63, 3.8) is 0 Å². The molecular weight excluding hydrogens is 404 g/mol. The van der Waals surface area contributed by atoms with Crippen molar-refractivity contribution < 1.29 is 4.42 Å². The van der Waals surface area contributed by atoms with Crippen LogP contribution >= 0.6 is 27.3 Å². The first-order valence-electron chi connectivity index (χ1n) is 7.61. The molecule has 0 radical (unpaired) electrons. The number of hydrogen-bond donors (Lipinski definition) is 0. The largest absolute Gasteiger partial charge is 0.467 e. The molecule has 0 amide bonds. The van der Waals surface area contributed by atoms with Gasteiger partial charge in [-0.1, -0.05) is 28.1 Å². The number of rotatable bonds is 4. The molecule has 0 spiro atoms. The second-order valence-electron chi connectivity index (χ2n) is 5.60. The molecule has 0 saturated heterocycles. The number of aromatic nitrogens is 2. The SMILES string of the molecule is O=c1c2sccc2n(Cc2cccc(Br)c2)c(=O)n1Cc1ccco1. The Morgan fingerprint density at radius 3 is 2.68 bits per heavy atom. The van der Waals surface area contributed by atoms with Crippen molar-refractivity contribution >= 4 is 37.5 Å². The Morgan fingerprint density at radius 2 is 1.92 bits per heavy atom. The molecule has 4 rings (SSSR count). The van der Waals surface area contributed by atoms with Gasteiger partial charge in [0.2, 0.25) is 0 Å². The quantitative estimate of drug-likeness (QED) is 0.509. The Balaban J connectivity index is 1.89. The van der Waals surface area contributed by atoms with E-state index >= 15 is 0 Å². The third-order valence-corrected chi connectivity index (χ3v) is 5.35. The van der Waals surface area contributed by atoms with Crippen LogP contribution in [0.1, 0.15) is 11.3 Å². The molecule has 0 fully saturated rings. The molecule has 0 saturated carbocycles. The number of hydrogen-bond acceptors (Lipinski definition) is 4. The van der Waals surface area contributed by atoms with Gasteiger partial charge in [-0.05, 0) is 41.3 Å². The van der Waals surface area contributed by atoms with E-state index in [-0.39, 0.29) is 17.8 Å². The van der Waals surface area contributed by atoms with Crippen molar-refractivity contribution in [1.29, 1.82) is 0 Å². The number of benzene rings is 1. The standard InChI is InChI=1S/C18H13BrN2O3S/c19-13-4-1-3-12(9-13)10-20-15-6-8-25-16(15)17(22)21(18(20)23)11-14-5-2-7-24-14/h1-9H,10-11H2. The van der Waals surface area contributed by atoms with Crippen LogP contribution in [0.25, 0.3) is 10.2 Å². The van der Waals surface area contributed by atoms with Crippen LogP contribution < -0.4 is 11.2 Å². The van der Waals surface area contributed by atoms with Crippen LogP contribution in [-0.2, 0) is 13.1 Å². The normalized spacial score (nSPS) is 11.2. The summed E-state index contributed by atoms with van der Waals surface area (Å²) in [5, 5.41) is 1.83. The van der Waals surface area contributed by atoms with E-state index in [1.54, 1.807) is 16.7 Å². The molecule has 3 aromatic heterocycles. The van der Waals surface area contributed by atoms with Gasteiger partial charge in [-0.15, -0.1) is 11.3 Å². The maximum Gasteiger partial charge on any atom is 0.332 e. The summed E-state index contributed by atoms with van der Waals surface area (Å²) in [6.45, 7) is 0.515. The minimum Gasteiger partial charge on any atom is -0.467 e. The molecule has 5 nitrogen and oxygen atoms in total. The van der Waals surface area contributed by atoms with Crippen LogP contribution in [0, 0.1) is 0 Å². The predicted molar refractivity (Wildman–Crippen MR) is 101 cm³/mol. The van der Waals surface area contributed by atoms with Crippen molar-refractivity contribution in [2.75, 3.05) is 0 Å². The Hall–Kier alpha value is -2.38. The lowest BCUT2D eigenvalue weighted by atomic mass is 10.2. The maximum atomic E-state index is 13.0. The van der Waals surface area contributed by atoms with Gasteiger partial charge in [0.05, 0.1) is 24.9 Å². The lowest BCUT2D eigenvalue weighted by Crippen LogP contribution is -2.40. The molecule has 4 aromatic rings. The van der Waals surface area contributed by atoms with Gasteiger partial charge < -0.3 is 4.42 Å². The predicted octanol–water partition coefficient (Wildman–Crippen LogP) is 3.68. The monoisotopic (exact) mass is 416 g/mol. The highest BCUT2D eigenvalue weighted by molar-refractivity contribution is 9.10. The summed E-state index contributed by atoms with van der Waals surface area (Å²) in [5.74, 6) is 0.573. The van der Waals surface area contributed by atoms with Gasteiger partial charge in [-0.3, -0.25) is 13.9 Å². The molecule has 0 aliphatic carbocycles. The second kappa shape index (κ2) is 6.50. The maximum absolute atomic E-state index is 13.0. The van der Waals surface area contributed by atoms with Crippen LogP contribution in [-0.4, -0.2) is 9.13 Å². The Morgan fingerprint density at radius 1 is 1.04 bits per heavy atom. The highest BCUT2D eigenvalue weighted by Crippen LogP contribution is 2.18. The molecule has 0 aliphatic heterocycles. The minimum atomic E-state index is -0.340. The van der Waals surface area contributed by atoms with Gasteiger partial charge in [0, 0.05) is 4.47 Å². The minimum absolute atomic E-state index is 0.122. The number of fused-ring (bicyclic) bond motifs is 1. The summed E-state index contributed by atoms with van der Waals surface area (Å²) in [5.41, 5.74) is 1.02. The smallest absolute Gasteiger partial charge is 0.332 e. The van der Waals surface area contributed by atoms with Crippen LogP contribution in [0.4, 0.5) is 0 Å². The lowest BCUT2D eigenvalue weighted by molar-refractivity contribution is 0.479. The van der Waals surface area contributed by atoms with E-state index < -0.39 is 0 Å². The van der Waals surface area contributed by atoms with Crippen molar-refractivity contribution in [2.45, 2.75) is 13.1 Å². The van der Waals surface area contributed by atoms with Crippen LogP contribution in [0.2, 0.25) is 0 Å². The number of halogens is 1.